The van der Waals surface area contributed by atoms with E-state index < -0.39 is 0 Å². The van der Waals surface area contributed by atoms with Crippen molar-refractivity contribution < 1.29 is 0 Å². The van der Waals surface area contributed by atoms with Gasteiger partial charge >= 0.3 is 0 Å². The SMILES string of the molecule is c1cc(CNC2CC23CCCC3)[nH]n1. The zero-order valence-corrected chi connectivity index (χ0v) is 8.42. The molecule has 1 heterocycles. The average molecular weight is 191 g/mol. The van der Waals surface area contributed by atoms with E-state index in [0.717, 1.165) is 12.6 Å². The zero-order chi connectivity index (χ0) is 9.43. The maximum absolute atomic E-state index is 3.94. The molecule has 2 aliphatic carbocycles. The third-order valence-electron chi connectivity index (χ3n) is 3.89. The molecule has 2 fully saturated rings. The van der Waals surface area contributed by atoms with Gasteiger partial charge in [-0.3, -0.25) is 5.10 Å². The molecule has 0 aliphatic heterocycles. The molecule has 3 nitrogen and oxygen atoms in total. The van der Waals surface area contributed by atoms with Crippen LogP contribution in [0.5, 0.6) is 0 Å². The van der Waals surface area contributed by atoms with E-state index in [1.807, 2.05) is 12.3 Å². The zero-order valence-electron chi connectivity index (χ0n) is 8.42. The van der Waals surface area contributed by atoms with Gasteiger partial charge in [0.15, 0.2) is 0 Å². The minimum atomic E-state index is 0.708. The highest BCUT2D eigenvalue weighted by molar-refractivity contribution is 5.10. The summed E-state index contributed by atoms with van der Waals surface area (Å²) in [5, 5.41) is 10.6. The van der Waals surface area contributed by atoms with Crippen molar-refractivity contribution in [3.8, 4) is 0 Å². The molecule has 3 heteroatoms. The fraction of sp³-hybridized carbons (Fsp3) is 0.727. The third-order valence-corrected chi connectivity index (χ3v) is 3.89. The van der Waals surface area contributed by atoms with Crippen molar-refractivity contribution in [3.05, 3.63) is 18.0 Å². The summed E-state index contributed by atoms with van der Waals surface area (Å²) in [6, 6.07) is 2.82. The first-order valence-electron chi connectivity index (χ1n) is 5.61. The van der Waals surface area contributed by atoms with Crippen molar-refractivity contribution in [2.45, 2.75) is 44.7 Å². The highest BCUT2D eigenvalue weighted by Crippen LogP contribution is 2.57. The predicted molar refractivity (Wildman–Crippen MR) is 54.7 cm³/mol. The maximum Gasteiger partial charge on any atom is 0.0490 e. The van der Waals surface area contributed by atoms with Crippen molar-refractivity contribution in [2.24, 2.45) is 5.41 Å². The molecule has 1 spiro atoms. The Morgan fingerprint density at radius 2 is 2.36 bits per heavy atom. The van der Waals surface area contributed by atoms with Crippen LogP contribution >= 0.6 is 0 Å². The smallest absolute Gasteiger partial charge is 0.0490 e. The van der Waals surface area contributed by atoms with Gasteiger partial charge in [0, 0.05) is 24.5 Å². The van der Waals surface area contributed by atoms with Gasteiger partial charge < -0.3 is 5.32 Å². The van der Waals surface area contributed by atoms with E-state index in [-0.39, 0.29) is 0 Å². The Hall–Kier alpha value is -0.830. The van der Waals surface area contributed by atoms with Gasteiger partial charge in [-0.1, -0.05) is 12.8 Å². The molecule has 1 aromatic rings. The Morgan fingerprint density at radius 3 is 3.07 bits per heavy atom. The van der Waals surface area contributed by atoms with Crippen LogP contribution in [0.1, 0.15) is 37.8 Å². The first kappa shape index (κ1) is 8.48. The number of aromatic amines is 1. The Kier molecular flexibility index (Phi) is 1.87. The lowest BCUT2D eigenvalue weighted by molar-refractivity contribution is 0.467. The molecule has 1 atom stereocenters. The van der Waals surface area contributed by atoms with Crippen LogP contribution in [0.25, 0.3) is 0 Å². The topological polar surface area (TPSA) is 40.7 Å². The lowest BCUT2D eigenvalue weighted by Crippen LogP contribution is -2.21. The summed E-state index contributed by atoms with van der Waals surface area (Å²) in [6.45, 7) is 0.951. The van der Waals surface area contributed by atoms with Crippen molar-refractivity contribution in [1.29, 1.82) is 0 Å². The monoisotopic (exact) mass is 191 g/mol. The summed E-state index contributed by atoms with van der Waals surface area (Å²) < 4.78 is 0. The summed E-state index contributed by atoms with van der Waals surface area (Å²) in [6.07, 6.45) is 9.02. The van der Waals surface area contributed by atoms with Gasteiger partial charge in [0.1, 0.15) is 0 Å². The van der Waals surface area contributed by atoms with Gasteiger partial charge in [0.05, 0.1) is 0 Å². The van der Waals surface area contributed by atoms with Crippen molar-refractivity contribution >= 4 is 0 Å². The maximum atomic E-state index is 3.94. The normalized spacial score (nSPS) is 28.4. The van der Waals surface area contributed by atoms with Crippen LogP contribution in [0.15, 0.2) is 12.3 Å². The van der Waals surface area contributed by atoms with E-state index in [1.54, 1.807) is 0 Å². The first-order chi connectivity index (χ1) is 6.89. The van der Waals surface area contributed by atoms with Gasteiger partial charge in [-0.05, 0) is 30.7 Å². The van der Waals surface area contributed by atoms with Gasteiger partial charge in [0.2, 0.25) is 0 Å². The van der Waals surface area contributed by atoms with E-state index >= 15 is 0 Å². The molecule has 1 aromatic heterocycles. The molecule has 1 unspecified atom stereocenters. The second kappa shape index (κ2) is 3.09. The quantitative estimate of drug-likeness (QED) is 0.765. The van der Waals surface area contributed by atoms with Gasteiger partial charge in [-0.15, -0.1) is 0 Å². The number of aromatic nitrogens is 2. The fourth-order valence-electron chi connectivity index (χ4n) is 2.88. The molecule has 2 aliphatic rings. The van der Waals surface area contributed by atoms with Crippen molar-refractivity contribution in [1.82, 2.24) is 15.5 Å². The summed E-state index contributed by atoms with van der Waals surface area (Å²) in [7, 11) is 0. The lowest BCUT2D eigenvalue weighted by Gasteiger charge is -2.08. The molecule has 0 aromatic carbocycles. The number of rotatable bonds is 3. The first-order valence-corrected chi connectivity index (χ1v) is 5.61. The Balaban J connectivity index is 1.51. The fourth-order valence-corrected chi connectivity index (χ4v) is 2.88. The van der Waals surface area contributed by atoms with Crippen LogP contribution in [0.2, 0.25) is 0 Å². The molecule has 3 rings (SSSR count). The molecule has 0 saturated heterocycles. The van der Waals surface area contributed by atoms with Gasteiger partial charge in [-0.2, -0.15) is 5.10 Å². The number of hydrogen-bond donors (Lipinski definition) is 2. The highest BCUT2D eigenvalue weighted by atomic mass is 15.1. The number of H-pyrrole nitrogens is 1. The molecule has 0 bridgehead atoms. The molecule has 2 saturated carbocycles. The second-order valence-corrected chi connectivity index (χ2v) is 4.79. The molecule has 0 amide bonds. The number of nitrogens with zero attached hydrogens (tertiary/aromatic N) is 1. The van der Waals surface area contributed by atoms with Crippen LogP contribution in [0.4, 0.5) is 0 Å². The molecule has 0 radical (unpaired) electrons. The van der Waals surface area contributed by atoms with E-state index in [2.05, 4.69) is 15.5 Å². The average Bonchev–Trinajstić information content (AvgIpc) is 2.63. The van der Waals surface area contributed by atoms with E-state index in [1.165, 1.54) is 37.8 Å². The molecule has 76 valence electrons. The van der Waals surface area contributed by atoms with Gasteiger partial charge in [0.25, 0.3) is 0 Å². The van der Waals surface area contributed by atoms with Crippen LogP contribution in [-0.2, 0) is 6.54 Å². The predicted octanol–water partition coefficient (Wildman–Crippen LogP) is 1.83. The van der Waals surface area contributed by atoms with Crippen LogP contribution < -0.4 is 5.32 Å². The van der Waals surface area contributed by atoms with Crippen molar-refractivity contribution in [2.75, 3.05) is 0 Å². The largest absolute Gasteiger partial charge is 0.308 e. The highest BCUT2D eigenvalue weighted by Gasteiger charge is 2.54. The van der Waals surface area contributed by atoms with Crippen molar-refractivity contribution in [3.63, 3.8) is 0 Å². The van der Waals surface area contributed by atoms with E-state index in [4.69, 9.17) is 0 Å². The molecule has 14 heavy (non-hydrogen) atoms. The second-order valence-electron chi connectivity index (χ2n) is 4.79. The van der Waals surface area contributed by atoms with Crippen LogP contribution in [0, 0.1) is 5.41 Å². The molecule has 2 N–H and O–H groups in total. The van der Waals surface area contributed by atoms with E-state index in [0.29, 0.717) is 5.41 Å². The standard InChI is InChI=1S/C11H17N3/c1-2-5-11(4-1)7-10(11)12-8-9-3-6-13-14-9/h3,6,10,12H,1-2,4-5,7-8H2,(H,13,14). The summed E-state index contributed by atoms with van der Waals surface area (Å²) >= 11 is 0. The molecular weight excluding hydrogens is 174 g/mol. The molecular formula is C11H17N3. The lowest BCUT2D eigenvalue weighted by atomic mass is 10.1. The van der Waals surface area contributed by atoms with E-state index in [9.17, 15) is 0 Å². The summed E-state index contributed by atoms with van der Waals surface area (Å²) in [5.74, 6) is 0. The summed E-state index contributed by atoms with van der Waals surface area (Å²) in [4.78, 5) is 0. The number of hydrogen-bond acceptors (Lipinski definition) is 2. The summed E-state index contributed by atoms with van der Waals surface area (Å²) in [5.41, 5.74) is 1.91. The minimum absolute atomic E-state index is 0.708. The van der Waals surface area contributed by atoms with Crippen LogP contribution in [-0.4, -0.2) is 16.2 Å². The Bertz CT molecular complexity index is 298. The third kappa shape index (κ3) is 1.36. The Labute approximate surface area is 84.3 Å². The van der Waals surface area contributed by atoms with Gasteiger partial charge in [-0.25, -0.2) is 0 Å². The van der Waals surface area contributed by atoms with Crippen LogP contribution in [0.3, 0.4) is 0 Å². The Morgan fingerprint density at radius 1 is 1.50 bits per heavy atom. The number of nitrogens with one attached hydrogen (secondary N) is 2. The minimum Gasteiger partial charge on any atom is -0.308 e.